The fraction of sp³-hybridized carbons (Fsp3) is 0.0417. The second-order valence-electron chi connectivity index (χ2n) is 6.99. The van der Waals surface area contributed by atoms with Crippen molar-refractivity contribution in [2.45, 2.75) is 6.92 Å². The normalized spacial score (nSPS) is 12.0. The van der Waals surface area contributed by atoms with Gasteiger partial charge in [0.2, 0.25) is 10.7 Å². The first kappa shape index (κ1) is 21.0. The Bertz CT molecular complexity index is 1470. The fourth-order valence-electron chi connectivity index (χ4n) is 3.14. The molecule has 162 valence electrons. The fourth-order valence-corrected chi connectivity index (χ4v) is 4.22. The zero-order valence-corrected chi connectivity index (χ0v) is 19.0. The average Bonchev–Trinajstić information content (AvgIpc) is 3.44. The van der Waals surface area contributed by atoms with E-state index in [9.17, 15) is 0 Å². The van der Waals surface area contributed by atoms with Crippen LogP contribution >= 0.6 is 22.9 Å². The van der Waals surface area contributed by atoms with Crippen LogP contribution in [0.25, 0.3) is 17.1 Å². The number of azo groups is 1. The van der Waals surface area contributed by atoms with E-state index in [-0.39, 0.29) is 6.01 Å². The molecule has 5 rings (SSSR count). The smallest absolute Gasteiger partial charge is 0.345 e. The van der Waals surface area contributed by atoms with Crippen molar-refractivity contribution < 1.29 is 4.42 Å². The molecular weight excluding hydrogens is 456 g/mol. The van der Waals surface area contributed by atoms with Crippen molar-refractivity contribution in [3.05, 3.63) is 100 Å². The molecule has 7 nitrogen and oxygen atoms in total. The van der Waals surface area contributed by atoms with Crippen molar-refractivity contribution in [2.24, 2.45) is 15.2 Å². The zero-order valence-electron chi connectivity index (χ0n) is 17.5. The summed E-state index contributed by atoms with van der Waals surface area (Å²) >= 11 is 7.36. The van der Waals surface area contributed by atoms with Crippen molar-refractivity contribution in [2.75, 3.05) is 0 Å². The molecule has 0 aliphatic heterocycles. The maximum Gasteiger partial charge on any atom is 0.345 e. The minimum atomic E-state index is 0.150. The lowest BCUT2D eigenvalue weighted by Gasteiger charge is -2.05. The van der Waals surface area contributed by atoms with Gasteiger partial charge >= 0.3 is 6.01 Å². The predicted octanol–water partition coefficient (Wildman–Crippen LogP) is 7.20. The summed E-state index contributed by atoms with van der Waals surface area (Å²) in [5.41, 5.74) is 3.40. The number of aromatic nitrogens is 3. The Morgan fingerprint density at radius 3 is 2.27 bits per heavy atom. The molecule has 0 fully saturated rings. The molecule has 0 radical (unpaired) electrons. The first-order chi connectivity index (χ1) is 16.2. The zero-order chi connectivity index (χ0) is 22.6. The molecule has 33 heavy (non-hydrogen) atoms. The lowest BCUT2D eigenvalue weighted by Crippen LogP contribution is -2.13. The second-order valence-corrected chi connectivity index (χ2v) is 8.38. The van der Waals surface area contributed by atoms with Crippen LogP contribution in [0.3, 0.4) is 0 Å². The third kappa shape index (κ3) is 4.67. The van der Waals surface area contributed by atoms with Gasteiger partial charge < -0.3 is 4.42 Å². The molecular formula is C24H17ClN6OS. The predicted molar refractivity (Wildman–Crippen MR) is 129 cm³/mol. The highest BCUT2D eigenvalue weighted by Crippen LogP contribution is 2.28. The largest absolute Gasteiger partial charge is 0.402 e. The molecule has 3 aromatic carbocycles. The quantitative estimate of drug-likeness (QED) is 0.253. The highest BCUT2D eigenvalue weighted by atomic mass is 35.5. The monoisotopic (exact) mass is 472 g/mol. The Labute approximate surface area is 198 Å². The minimum absolute atomic E-state index is 0.150. The first-order valence-electron chi connectivity index (χ1n) is 10.1. The van der Waals surface area contributed by atoms with Gasteiger partial charge in [0, 0.05) is 16.3 Å². The topological polar surface area (TPSA) is 80.9 Å². The molecule has 0 spiro atoms. The SMILES string of the molecule is Cc1c(N=Nc2ccccc2)sc(=Nc2nnc(-c3ccc(Cl)cc3)o2)n1-c1ccccc1. The van der Waals surface area contributed by atoms with Gasteiger partial charge in [0.05, 0.1) is 11.4 Å². The van der Waals surface area contributed by atoms with Crippen LogP contribution in [0, 0.1) is 6.92 Å². The van der Waals surface area contributed by atoms with Gasteiger partial charge in [0.25, 0.3) is 0 Å². The van der Waals surface area contributed by atoms with Gasteiger partial charge in [0.1, 0.15) is 0 Å². The molecule has 0 amide bonds. The number of thiazole rings is 1. The molecule has 0 saturated heterocycles. The van der Waals surface area contributed by atoms with E-state index in [0.29, 0.717) is 15.7 Å². The van der Waals surface area contributed by atoms with E-state index in [1.165, 1.54) is 11.3 Å². The third-order valence-electron chi connectivity index (χ3n) is 4.75. The van der Waals surface area contributed by atoms with Crippen molar-refractivity contribution in [3.63, 3.8) is 0 Å². The number of hydrogen-bond donors (Lipinski definition) is 0. The summed E-state index contributed by atoms with van der Waals surface area (Å²) in [5, 5.41) is 18.4. The van der Waals surface area contributed by atoms with Gasteiger partial charge in [-0.1, -0.05) is 64.4 Å². The Balaban J connectivity index is 1.58. The van der Waals surface area contributed by atoms with Crippen molar-refractivity contribution in [1.29, 1.82) is 0 Å². The molecule has 0 aliphatic carbocycles. The summed E-state index contributed by atoms with van der Waals surface area (Å²) in [7, 11) is 0. The van der Waals surface area contributed by atoms with E-state index in [2.05, 4.69) is 25.4 Å². The van der Waals surface area contributed by atoms with Crippen LogP contribution in [0.4, 0.5) is 16.7 Å². The number of benzene rings is 3. The number of nitrogens with zero attached hydrogens (tertiary/aromatic N) is 6. The maximum atomic E-state index is 5.97. The van der Waals surface area contributed by atoms with E-state index in [1.807, 2.05) is 84.3 Å². The lowest BCUT2D eigenvalue weighted by atomic mass is 10.2. The second kappa shape index (κ2) is 9.32. The number of para-hydroxylation sites is 1. The summed E-state index contributed by atoms with van der Waals surface area (Å²) in [6.07, 6.45) is 0. The summed E-state index contributed by atoms with van der Waals surface area (Å²) in [4.78, 5) is 5.28. The number of rotatable bonds is 5. The van der Waals surface area contributed by atoms with Crippen molar-refractivity contribution in [3.8, 4) is 17.1 Å². The molecule has 5 aromatic rings. The van der Waals surface area contributed by atoms with Crippen LogP contribution in [0.15, 0.2) is 105 Å². The first-order valence-corrected chi connectivity index (χ1v) is 11.3. The van der Waals surface area contributed by atoms with Crippen LogP contribution in [-0.4, -0.2) is 14.8 Å². The average molecular weight is 473 g/mol. The summed E-state index contributed by atoms with van der Waals surface area (Å²) in [5.74, 6) is 0.369. The van der Waals surface area contributed by atoms with Crippen molar-refractivity contribution in [1.82, 2.24) is 14.8 Å². The Morgan fingerprint density at radius 1 is 0.848 bits per heavy atom. The number of halogens is 1. The number of hydrogen-bond acceptors (Lipinski definition) is 7. The standard InChI is InChI=1S/C24H17ClN6OS/c1-16-22(29-27-19-8-4-2-5-9-19)33-24(31(16)20-10-6-3-7-11-20)26-23-30-28-21(32-23)17-12-14-18(25)15-13-17/h2-15H,1H3. The maximum absolute atomic E-state index is 5.97. The molecule has 9 heteroatoms. The molecule has 0 bridgehead atoms. The van der Waals surface area contributed by atoms with Gasteiger partial charge in [-0.25, -0.2) is 0 Å². The molecule has 0 N–H and O–H groups in total. The Hall–Kier alpha value is -3.88. The molecule has 0 saturated carbocycles. The molecule has 0 atom stereocenters. The van der Waals surface area contributed by atoms with Gasteiger partial charge in [-0.15, -0.1) is 15.3 Å². The van der Waals surface area contributed by atoms with E-state index in [0.717, 1.165) is 27.6 Å². The van der Waals surface area contributed by atoms with Crippen LogP contribution in [-0.2, 0) is 0 Å². The van der Waals surface area contributed by atoms with Crippen LogP contribution < -0.4 is 4.80 Å². The summed E-state index contributed by atoms with van der Waals surface area (Å²) < 4.78 is 7.79. The van der Waals surface area contributed by atoms with E-state index < -0.39 is 0 Å². The minimum Gasteiger partial charge on any atom is -0.402 e. The van der Waals surface area contributed by atoms with Crippen molar-refractivity contribution >= 4 is 39.6 Å². The van der Waals surface area contributed by atoms with E-state index in [4.69, 9.17) is 16.0 Å². The van der Waals surface area contributed by atoms with Crippen LogP contribution in [0.2, 0.25) is 5.02 Å². The van der Waals surface area contributed by atoms with Gasteiger partial charge in [0.15, 0.2) is 5.00 Å². The van der Waals surface area contributed by atoms with Gasteiger partial charge in [-0.3, -0.25) is 4.57 Å². The van der Waals surface area contributed by atoms with Crippen LogP contribution in [0.1, 0.15) is 5.69 Å². The molecule has 2 heterocycles. The highest BCUT2D eigenvalue weighted by molar-refractivity contribution is 7.13. The summed E-state index contributed by atoms with van der Waals surface area (Å²) in [6.45, 7) is 1.98. The van der Waals surface area contributed by atoms with Crippen LogP contribution in [0.5, 0.6) is 0 Å². The molecule has 0 aliphatic rings. The summed E-state index contributed by atoms with van der Waals surface area (Å²) in [6, 6.07) is 26.9. The highest BCUT2D eigenvalue weighted by Gasteiger charge is 2.14. The third-order valence-corrected chi connectivity index (χ3v) is 6.03. The van der Waals surface area contributed by atoms with Gasteiger partial charge in [-0.2, -0.15) is 4.99 Å². The van der Waals surface area contributed by atoms with E-state index in [1.54, 1.807) is 12.1 Å². The van der Waals surface area contributed by atoms with Gasteiger partial charge in [-0.05, 0) is 55.5 Å². The molecule has 2 aromatic heterocycles. The molecule has 0 unspecified atom stereocenters. The lowest BCUT2D eigenvalue weighted by molar-refractivity contribution is 0.576. The Morgan fingerprint density at radius 2 is 1.55 bits per heavy atom. The van der Waals surface area contributed by atoms with E-state index >= 15 is 0 Å². The Kier molecular flexibility index (Phi) is 5.93.